The second-order valence-corrected chi connectivity index (χ2v) is 5.34. The SMILES string of the molecule is Clc1cc(Cl)c(OC2CC(Cl)C2)cc1Cl. The summed E-state index contributed by atoms with van der Waals surface area (Å²) in [5.74, 6) is 0.569. The molecule has 0 aromatic heterocycles. The van der Waals surface area contributed by atoms with Crippen molar-refractivity contribution in [2.75, 3.05) is 0 Å². The average Bonchev–Trinajstić information content (AvgIpc) is 2.11. The van der Waals surface area contributed by atoms with Gasteiger partial charge in [0.15, 0.2) is 0 Å². The number of hydrogen-bond donors (Lipinski definition) is 0. The van der Waals surface area contributed by atoms with E-state index in [2.05, 4.69) is 0 Å². The second kappa shape index (κ2) is 4.58. The van der Waals surface area contributed by atoms with E-state index in [1.165, 1.54) is 0 Å². The van der Waals surface area contributed by atoms with Gasteiger partial charge in [-0.15, -0.1) is 11.6 Å². The highest BCUT2D eigenvalue weighted by atomic mass is 35.5. The summed E-state index contributed by atoms with van der Waals surface area (Å²) < 4.78 is 5.63. The van der Waals surface area contributed by atoms with E-state index >= 15 is 0 Å². The van der Waals surface area contributed by atoms with E-state index in [9.17, 15) is 0 Å². The first-order chi connectivity index (χ1) is 7.06. The van der Waals surface area contributed by atoms with Gasteiger partial charge in [-0.1, -0.05) is 34.8 Å². The van der Waals surface area contributed by atoms with E-state index in [0.717, 1.165) is 12.8 Å². The molecule has 82 valence electrons. The maximum Gasteiger partial charge on any atom is 0.139 e. The summed E-state index contributed by atoms with van der Waals surface area (Å²) >= 11 is 23.5. The zero-order valence-electron chi connectivity index (χ0n) is 7.64. The quantitative estimate of drug-likeness (QED) is 0.560. The molecule has 0 bridgehead atoms. The standard InChI is InChI=1S/C10H8Cl4O/c11-5-1-6(2-5)15-10-4-8(13)7(12)3-9(10)14/h3-6H,1-2H2. The normalized spacial score (nSPS) is 24.8. The fourth-order valence-electron chi connectivity index (χ4n) is 1.37. The second-order valence-electron chi connectivity index (χ2n) is 3.51. The van der Waals surface area contributed by atoms with Crippen molar-refractivity contribution in [3.05, 3.63) is 27.2 Å². The van der Waals surface area contributed by atoms with Crippen LogP contribution in [0.15, 0.2) is 12.1 Å². The molecule has 0 spiro atoms. The van der Waals surface area contributed by atoms with Crippen molar-refractivity contribution in [2.45, 2.75) is 24.3 Å². The van der Waals surface area contributed by atoms with E-state index in [-0.39, 0.29) is 11.5 Å². The molecule has 0 N–H and O–H groups in total. The Kier molecular flexibility index (Phi) is 3.56. The van der Waals surface area contributed by atoms with Gasteiger partial charge in [-0.3, -0.25) is 0 Å². The van der Waals surface area contributed by atoms with Gasteiger partial charge >= 0.3 is 0 Å². The zero-order valence-corrected chi connectivity index (χ0v) is 10.7. The van der Waals surface area contributed by atoms with Gasteiger partial charge in [0.2, 0.25) is 0 Å². The summed E-state index contributed by atoms with van der Waals surface area (Å²) in [5.41, 5.74) is 0. The molecule has 1 aliphatic carbocycles. The molecule has 0 unspecified atom stereocenters. The van der Waals surface area contributed by atoms with Crippen LogP contribution in [-0.4, -0.2) is 11.5 Å². The maximum absolute atomic E-state index is 5.96. The molecule has 0 atom stereocenters. The molecular weight excluding hydrogens is 278 g/mol. The minimum absolute atomic E-state index is 0.141. The molecule has 1 aromatic rings. The molecule has 0 radical (unpaired) electrons. The molecule has 1 aliphatic rings. The van der Waals surface area contributed by atoms with E-state index < -0.39 is 0 Å². The van der Waals surface area contributed by atoms with Crippen LogP contribution in [0.2, 0.25) is 15.1 Å². The molecule has 15 heavy (non-hydrogen) atoms. The zero-order chi connectivity index (χ0) is 11.0. The molecular formula is C10H8Cl4O. The smallest absolute Gasteiger partial charge is 0.139 e. The van der Waals surface area contributed by atoms with Gasteiger partial charge in [0.05, 0.1) is 15.1 Å². The number of ether oxygens (including phenoxy) is 1. The Morgan fingerprint density at radius 1 is 1.00 bits per heavy atom. The van der Waals surface area contributed by atoms with Crippen molar-refractivity contribution in [3.63, 3.8) is 0 Å². The van der Waals surface area contributed by atoms with Crippen LogP contribution >= 0.6 is 46.4 Å². The van der Waals surface area contributed by atoms with Crippen LogP contribution in [0, 0.1) is 0 Å². The lowest BCUT2D eigenvalue weighted by Gasteiger charge is -2.31. The molecule has 1 nitrogen and oxygen atoms in total. The van der Waals surface area contributed by atoms with Crippen LogP contribution < -0.4 is 4.74 Å². The third-order valence-electron chi connectivity index (χ3n) is 2.31. The lowest BCUT2D eigenvalue weighted by atomic mass is 9.95. The Morgan fingerprint density at radius 3 is 2.20 bits per heavy atom. The monoisotopic (exact) mass is 284 g/mol. The van der Waals surface area contributed by atoms with Crippen LogP contribution in [0.25, 0.3) is 0 Å². The third-order valence-corrected chi connectivity index (χ3v) is 3.68. The number of hydrogen-bond acceptors (Lipinski definition) is 1. The van der Waals surface area contributed by atoms with Crippen LogP contribution in [-0.2, 0) is 0 Å². The predicted octanol–water partition coefficient (Wildman–Crippen LogP) is 4.80. The summed E-state index contributed by atoms with van der Waals surface area (Å²) in [4.78, 5) is 0. The number of alkyl halides is 1. The number of halogens is 4. The predicted molar refractivity (Wildman–Crippen MR) is 64.8 cm³/mol. The average molecular weight is 286 g/mol. The van der Waals surface area contributed by atoms with Crippen LogP contribution in [0.3, 0.4) is 0 Å². The van der Waals surface area contributed by atoms with Gasteiger partial charge < -0.3 is 4.74 Å². The van der Waals surface area contributed by atoms with Crippen LogP contribution in [0.1, 0.15) is 12.8 Å². The fourth-order valence-corrected chi connectivity index (χ4v) is 2.35. The summed E-state index contributed by atoms with van der Waals surface area (Å²) in [6.45, 7) is 0. The Bertz CT molecular complexity index is 374. The summed E-state index contributed by atoms with van der Waals surface area (Å²) in [6.07, 6.45) is 1.83. The van der Waals surface area contributed by atoms with Crippen molar-refractivity contribution < 1.29 is 4.74 Å². The Balaban J connectivity index is 2.11. The minimum Gasteiger partial charge on any atom is -0.489 e. The lowest BCUT2D eigenvalue weighted by Crippen LogP contribution is -2.34. The van der Waals surface area contributed by atoms with Crippen molar-refractivity contribution in [1.29, 1.82) is 0 Å². The molecule has 0 heterocycles. The molecule has 0 amide bonds. The van der Waals surface area contributed by atoms with E-state index in [0.29, 0.717) is 20.8 Å². The Hall–Kier alpha value is 0.180. The van der Waals surface area contributed by atoms with Gasteiger partial charge in [0.25, 0.3) is 0 Å². The first kappa shape index (κ1) is 11.7. The lowest BCUT2D eigenvalue weighted by molar-refractivity contribution is 0.124. The summed E-state index contributed by atoms with van der Waals surface area (Å²) in [6, 6.07) is 3.21. The van der Waals surface area contributed by atoms with Crippen LogP contribution in [0.5, 0.6) is 5.75 Å². The molecule has 1 aromatic carbocycles. The van der Waals surface area contributed by atoms with Crippen LogP contribution in [0.4, 0.5) is 0 Å². The first-order valence-electron chi connectivity index (χ1n) is 4.51. The third kappa shape index (κ3) is 2.65. The van der Waals surface area contributed by atoms with Crippen molar-refractivity contribution in [2.24, 2.45) is 0 Å². The topological polar surface area (TPSA) is 9.23 Å². The maximum atomic E-state index is 5.96. The summed E-state index contributed by atoms with van der Waals surface area (Å²) in [5, 5.41) is 1.56. The van der Waals surface area contributed by atoms with Gasteiger partial charge in [-0.2, -0.15) is 0 Å². The summed E-state index contributed by atoms with van der Waals surface area (Å²) in [7, 11) is 0. The molecule has 0 aliphatic heterocycles. The van der Waals surface area contributed by atoms with Gasteiger partial charge in [0, 0.05) is 24.3 Å². The van der Waals surface area contributed by atoms with Gasteiger partial charge in [-0.05, 0) is 6.07 Å². The minimum atomic E-state index is 0.141. The van der Waals surface area contributed by atoms with Gasteiger partial charge in [0.1, 0.15) is 11.9 Å². The Labute approximate surface area is 108 Å². The molecule has 1 saturated carbocycles. The van der Waals surface area contributed by atoms with E-state index in [1.807, 2.05) is 0 Å². The van der Waals surface area contributed by atoms with E-state index in [4.69, 9.17) is 51.1 Å². The molecule has 0 saturated heterocycles. The molecule has 2 rings (SSSR count). The van der Waals surface area contributed by atoms with Crippen molar-refractivity contribution in [3.8, 4) is 5.75 Å². The molecule has 1 fully saturated rings. The highest BCUT2D eigenvalue weighted by molar-refractivity contribution is 6.43. The molecule has 5 heteroatoms. The largest absolute Gasteiger partial charge is 0.489 e. The highest BCUT2D eigenvalue weighted by Crippen LogP contribution is 2.37. The van der Waals surface area contributed by atoms with Crippen molar-refractivity contribution >= 4 is 46.4 Å². The fraction of sp³-hybridized carbons (Fsp3) is 0.400. The number of benzene rings is 1. The Morgan fingerprint density at radius 2 is 1.60 bits per heavy atom. The first-order valence-corrected chi connectivity index (χ1v) is 6.08. The van der Waals surface area contributed by atoms with Crippen molar-refractivity contribution in [1.82, 2.24) is 0 Å². The van der Waals surface area contributed by atoms with E-state index in [1.54, 1.807) is 12.1 Å². The number of rotatable bonds is 2. The highest BCUT2D eigenvalue weighted by Gasteiger charge is 2.29. The van der Waals surface area contributed by atoms with Gasteiger partial charge in [-0.25, -0.2) is 0 Å².